The summed E-state index contributed by atoms with van der Waals surface area (Å²) in [6, 6.07) is 0.456. The molecule has 0 aliphatic rings. The van der Waals surface area contributed by atoms with E-state index in [1.165, 1.54) is 0 Å². The maximum absolute atomic E-state index is 12.3. The Morgan fingerprint density at radius 2 is 2.05 bits per heavy atom. The number of nitrogens with one attached hydrogen (secondary N) is 3. The molecule has 8 heteroatoms. The molecule has 1 rings (SSSR count). The minimum absolute atomic E-state index is 0.0894. The second kappa shape index (κ2) is 7.88. The molecule has 1 heterocycles. The zero-order valence-corrected chi connectivity index (χ0v) is 14.3. The maximum Gasteiger partial charge on any atom is 0.260 e. The summed E-state index contributed by atoms with van der Waals surface area (Å²) in [6.45, 7) is 7.76. The lowest BCUT2D eigenvalue weighted by Crippen LogP contribution is -2.32. The highest BCUT2D eigenvalue weighted by Crippen LogP contribution is 2.15. The van der Waals surface area contributed by atoms with Crippen LogP contribution in [0.1, 0.15) is 31.5 Å². The molecule has 0 aromatic carbocycles. The van der Waals surface area contributed by atoms with Gasteiger partial charge in [-0.05, 0) is 47.8 Å². The quantitative estimate of drug-likeness (QED) is 0.575. The number of nitrogens with zero attached hydrogens (tertiary/aromatic N) is 2. The Labute approximate surface area is 127 Å². The normalized spacial score (nSPS) is 12.5. The predicted octanol–water partition coefficient (Wildman–Crippen LogP) is 0.446. The second-order valence-corrected chi connectivity index (χ2v) is 7.17. The van der Waals surface area contributed by atoms with Crippen LogP contribution in [0.4, 0.5) is 0 Å². The monoisotopic (exact) mass is 317 g/mol. The number of aryl methyl sites for hydroxylation is 1. The van der Waals surface area contributed by atoms with Crippen LogP contribution in [0.3, 0.4) is 0 Å². The van der Waals surface area contributed by atoms with Gasteiger partial charge in [-0.25, -0.2) is 13.1 Å². The Hall–Kier alpha value is -0.960. The first kappa shape index (κ1) is 18.1. The predicted molar refractivity (Wildman–Crippen MR) is 83.7 cm³/mol. The Bertz CT molecular complexity index is 539. The van der Waals surface area contributed by atoms with Crippen LogP contribution in [-0.4, -0.2) is 56.7 Å². The van der Waals surface area contributed by atoms with E-state index in [1.807, 2.05) is 14.0 Å². The van der Waals surface area contributed by atoms with Crippen LogP contribution in [0.15, 0.2) is 5.03 Å². The fraction of sp³-hybridized carbons (Fsp3) is 0.769. The number of rotatable bonds is 9. The molecule has 0 radical (unpaired) electrons. The van der Waals surface area contributed by atoms with Gasteiger partial charge in [-0.15, -0.1) is 0 Å². The molecule has 21 heavy (non-hydrogen) atoms. The van der Waals surface area contributed by atoms with E-state index in [-0.39, 0.29) is 5.03 Å². The molecule has 7 nitrogen and oxygen atoms in total. The Morgan fingerprint density at radius 1 is 1.38 bits per heavy atom. The van der Waals surface area contributed by atoms with Crippen molar-refractivity contribution in [3.63, 3.8) is 0 Å². The number of H-pyrrole nitrogens is 1. The van der Waals surface area contributed by atoms with Crippen LogP contribution in [0.5, 0.6) is 0 Å². The Morgan fingerprint density at radius 3 is 2.62 bits per heavy atom. The molecular weight excluding hydrogens is 290 g/mol. The lowest BCUT2D eigenvalue weighted by atomic mass is 10.3. The number of aromatic amines is 1. The fourth-order valence-electron chi connectivity index (χ4n) is 1.90. The molecule has 0 aliphatic heterocycles. The summed E-state index contributed by atoms with van der Waals surface area (Å²) >= 11 is 0. The van der Waals surface area contributed by atoms with Gasteiger partial charge in [-0.2, -0.15) is 5.10 Å². The second-order valence-electron chi connectivity index (χ2n) is 5.49. The Balaban J connectivity index is 2.62. The van der Waals surface area contributed by atoms with Crippen LogP contribution >= 0.6 is 0 Å². The van der Waals surface area contributed by atoms with E-state index in [0.717, 1.165) is 18.7 Å². The van der Waals surface area contributed by atoms with Crippen molar-refractivity contribution in [1.82, 2.24) is 25.1 Å². The molecule has 0 unspecified atom stereocenters. The van der Waals surface area contributed by atoms with Gasteiger partial charge in [-0.3, -0.25) is 5.10 Å². The van der Waals surface area contributed by atoms with Gasteiger partial charge in [0.2, 0.25) is 0 Å². The highest BCUT2D eigenvalue weighted by molar-refractivity contribution is 7.89. The van der Waals surface area contributed by atoms with Crippen LogP contribution in [0.2, 0.25) is 0 Å². The molecule has 0 saturated carbocycles. The Kier molecular flexibility index (Phi) is 6.79. The van der Waals surface area contributed by atoms with Gasteiger partial charge >= 0.3 is 0 Å². The third-order valence-electron chi connectivity index (χ3n) is 3.51. The average Bonchev–Trinajstić information content (AvgIpc) is 2.77. The zero-order chi connectivity index (χ0) is 16.0. The highest BCUT2D eigenvalue weighted by Gasteiger charge is 2.22. The summed E-state index contributed by atoms with van der Waals surface area (Å²) in [7, 11) is 0.243. The molecule has 0 aliphatic carbocycles. The lowest BCUT2D eigenvalue weighted by molar-refractivity contribution is 0.271. The van der Waals surface area contributed by atoms with E-state index in [2.05, 4.69) is 39.0 Å². The fourth-order valence-corrected chi connectivity index (χ4v) is 3.16. The van der Waals surface area contributed by atoms with Crippen molar-refractivity contribution in [2.45, 2.75) is 44.8 Å². The van der Waals surface area contributed by atoms with E-state index < -0.39 is 10.0 Å². The molecule has 0 amide bonds. The molecule has 1 aromatic rings. The van der Waals surface area contributed by atoms with Gasteiger partial charge in [0.1, 0.15) is 0 Å². The summed E-state index contributed by atoms with van der Waals surface area (Å²) < 4.78 is 27.2. The van der Waals surface area contributed by atoms with Crippen molar-refractivity contribution in [1.29, 1.82) is 0 Å². The van der Waals surface area contributed by atoms with Crippen LogP contribution in [0, 0.1) is 6.92 Å². The smallest absolute Gasteiger partial charge is 0.260 e. The van der Waals surface area contributed by atoms with Crippen LogP contribution in [-0.2, 0) is 16.6 Å². The first-order valence-electron chi connectivity index (χ1n) is 7.18. The maximum atomic E-state index is 12.3. The number of sulfonamides is 1. The number of aromatic nitrogens is 2. The van der Waals surface area contributed by atoms with Gasteiger partial charge < -0.3 is 10.2 Å². The van der Waals surface area contributed by atoms with Crippen molar-refractivity contribution in [3.05, 3.63) is 11.3 Å². The summed E-state index contributed by atoms with van der Waals surface area (Å²) in [5.74, 6) is 0. The average molecular weight is 317 g/mol. The minimum atomic E-state index is -3.56. The van der Waals surface area contributed by atoms with Gasteiger partial charge in [-0.1, -0.05) is 0 Å². The van der Waals surface area contributed by atoms with E-state index in [4.69, 9.17) is 0 Å². The van der Waals surface area contributed by atoms with Crippen LogP contribution < -0.4 is 10.0 Å². The first-order chi connectivity index (χ1) is 9.79. The molecule has 0 spiro atoms. The van der Waals surface area contributed by atoms with Gasteiger partial charge in [0.05, 0.1) is 0 Å². The SMILES string of the molecule is CNCc1c(S(=O)(=O)NCCCN(C)C(C)C)n[nH]c1C. The van der Waals surface area contributed by atoms with Gasteiger partial charge in [0, 0.05) is 30.4 Å². The summed E-state index contributed by atoms with van der Waals surface area (Å²) in [4.78, 5) is 2.18. The molecule has 0 fully saturated rings. The molecular formula is C13H27N5O2S. The third kappa shape index (κ3) is 5.06. The standard InChI is InChI=1S/C13H27N5O2S/c1-10(2)18(5)8-6-7-15-21(19,20)13-12(9-14-4)11(3)16-17-13/h10,14-15H,6-9H2,1-5H3,(H,16,17). The summed E-state index contributed by atoms with van der Waals surface area (Å²) in [5, 5.41) is 9.71. The summed E-state index contributed by atoms with van der Waals surface area (Å²) in [6.07, 6.45) is 0.763. The van der Waals surface area contributed by atoms with Gasteiger partial charge in [0.15, 0.2) is 5.03 Å². The van der Waals surface area contributed by atoms with Crippen molar-refractivity contribution in [2.75, 3.05) is 27.2 Å². The molecule has 3 N–H and O–H groups in total. The van der Waals surface area contributed by atoms with Crippen molar-refractivity contribution < 1.29 is 8.42 Å². The molecule has 1 aromatic heterocycles. The number of hydrogen-bond acceptors (Lipinski definition) is 5. The number of hydrogen-bond donors (Lipinski definition) is 3. The van der Waals surface area contributed by atoms with E-state index >= 15 is 0 Å². The van der Waals surface area contributed by atoms with Gasteiger partial charge in [0.25, 0.3) is 10.0 Å². The highest BCUT2D eigenvalue weighted by atomic mass is 32.2. The zero-order valence-electron chi connectivity index (χ0n) is 13.5. The minimum Gasteiger partial charge on any atom is -0.316 e. The van der Waals surface area contributed by atoms with E-state index in [0.29, 0.717) is 24.7 Å². The summed E-state index contributed by atoms with van der Waals surface area (Å²) in [5.41, 5.74) is 1.45. The third-order valence-corrected chi connectivity index (χ3v) is 4.94. The van der Waals surface area contributed by atoms with Crippen molar-refractivity contribution in [3.8, 4) is 0 Å². The molecule has 0 bridgehead atoms. The van der Waals surface area contributed by atoms with Crippen LogP contribution in [0.25, 0.3) is 0 Å². The topological polar surface area (TPSA) is 90.1 Å². The lowest BCUT2D eigenvalue weighted by Gasteiger charge is -2.20. The van der Waals surface area contributed by atoms with Crippen molar-refractivity contribution in [2.24, 2.45) is 0 Å². The first-order valence-corrected chi connectivity index (χ1v) is 8.66. The van der Waals surface area contributed by atoms with Crippen molar-refractivity contribution >= 4 is 10.0 Å². The molecule has 122 valence electrons. The largest absolute Gasteiger partial charge is 0.316 e. The van der Waals surface area contributed by atoms with E-state index in [1.54, 1.807) is 7.05 Å². The van der Waals surface area contributed by atoms with E-state index in [9.17, 15) is 8.42 Å². The molecule has 0 atom stereocenters. The molecule has 0 saturated heterocycles.